The Morgan fingerprint density at radius 1 is 1.00 bits per heavy atom. The molecule has 2 aliphatic rings. The van der Waals surface area contributed by atoms with E-state index < -0.39 is 12.0 Å². The van der Waals surface area contributed by atoms with Gasteiger partial charge in [0, 0.05) is 41.7 Å². The molecule has 1 amide bonds. The van der Waals surface area contributed by atoms with Crippen LogP contribution in [0.25, 0.3) is 5.70 Å². The van der Waals surface area contributed by atoms with E-state index in [9.17, 15) is 9.59 Å². The van der Waals surface area contributed by atoms with Crippen molar-refractivity contribution < 1.29 is 23.8 Å². The number of carbonyl (C=O) groups excluding carboxylic acids is 2. The summed E-state index contributed by atoms with van der Waals surface area (Å²) >= 11 is 1.41. The van der Waals surface area contributed by atoms with E-state index in [-0.39, 0.29) is 18.9 Å². The number of amidine groups is 1. The van der Waals surface area contributed by atoms with Gasteiger partial charge in [0.25, 0.3) is 0 Å². The van der Waals surface area contributed by atoms with E-state index >= 15 is 0 Å². The summed E-state index contributed by atoms with van der Waals surface area (Å²) in [6, 6.07) is 20.1. The third-order valence-corrected chi connectivity index (χ3v) is 7.74. The molecular weight excluding hydrogens is 552 g/mol. The molecule has 1 atom stereocenters. The van der Waals surface area contributed by atoms with Crippen LogP contribution >= 0.6 is 11.8 Å². The van der Waals surface area contributed by atoms with Crippen LogP contribution in [-0.4, -0.2) is 54.3 Å². The van der Waals surface area contributed by atoms with Crippen LogP contribution in [0.2, 0.25) is 0 Å². The highest BCUT2D eigenvalue weighted by atomic mass is 32.2. The molecule has 2 aliphatic heterocycles. The topological polar surface area (TPSA) is 102 Å². The second-order valence-corrected chi connectivity index (χ2v) is 10.3. The Labute approximate surface area is 249 Å². The minimum atomic E-state index is -0.695. The van der Waals surface area contributed by atoms with Gasteiger partial charge in [-0.2, -0.15) is 0 Å². The van der Waals surface area contributed by atoms with Crippen LogP contribution in [-0.2, 0) is 20.7 Å². The minimum Gasteiger partial charge on any atom is -0.493 e. The van der Waals surface area contributed by atoms with Gasteiger partial charge in [-0.1, -0.05) is 60.3 Å². The molecule has 3 aromatic rings. The SMILES string of the molecule is CCOC(=O)C1=C(c2ccccc2)N=C2SC=C(CC(=O)NCCc3ccccn3)N2[C@@H]1c1cccc(OC)c1OC. The van der Waals surface area contributed by atoms with Crippen molar-refractivity contribution in [3.05, 3.63) is 106 Å². The summed E-state index contributed by atoms with van der Waals surface area (Å²) in [4.78, 5) is 38.1. The largest absolute Gasteiger partial charge is 0.493 e. The zero-order valence-electron chi connectivity index (χ0n) is 23.7. The standard InChI is InChI=1S/C32H32N4O5S/c1-4-41-31(38)27-28(21-11-6-5-7-12-21)35-32-36(29(27)24-14-10-15-25(39-2)30(24)40-3)23(20-42-32)19-26(37)34-18-16-22-13-8-9-17-33-22/h5-15,17,20,29H,4,16,18-19H2,1-3H3,(H,34,37)/t29-/m1/s1. The zero-order chi connectivity index (χ0) is 29.5. The first-order valence-electron chi connectivity index (χ1n) is 13.6. The van der Waals surface area contributed by atoms with Crippen molar-refractivity contribution in [1.82, 2.24) is 15.2 Å². The van der Waals surface area contributed by atoms with Gasteiger partial charge >= 0.3 is 5.97 Å². The highest BCUT2D eigenvalue weighted by molar-refractivity contribution is 8.16. The molecule has 10 heteroatoms. The van der Waals surface area contributed by atoms with Crippen molar-refractivity contribution in [1.29, 1.82) is 0 Å². The molecule has 5 rings (SSSR count). The van der Waals surface area contributed by atoms with Gasteiger partial charge in [-0.25, -0.2) is 9.79 Å². The van der Waals surface area contributed by atoms with Crippen LogP contribution < -0.4 is 14.8 Å². The van der Waals surface area contributed by atoms with E-state index in [2.05, 4.69) is 10.3 Å². The number of thioether (sulfide) groups is 1. The second-order valence-electron chi connectivity index (χ2n) is 9.42. The number of amides is 1. The smallest absolute Gasteiger partial charge is 0.338 e. The zero-order valence-corrected chi connectivity index (χ0v) is 24.5. The van der Waals surface area contributed by atoms with Gasteiger partial charge < -0.3 is 24.4 Å². The molecule has 42 heavy (non-hydrogen) atoms. The number of para-hydroxylation sites is 1. The maximum absolute atomic E-state index is 13.8. The number of carbonyl (C=O) groups is 2. The molecule has 0 saturated heterocycles. The first-order valence-corrected chi connectivity index (χ1v) is 14.5. The third-order valence-electron chi connectivity index (χ3n) is 6.85. The number of ether oxygens (including phenoxy) is 3. The van der Waals surface area contributed by atoms with E-state index in [4.69, 9.17) is 19.2 Å². The van der Waals surface area contributed by atoms with Crippen LogP contribution in [0.5, 0.6) is 11.5 Å². The van der Waals surface area contributed by atoms with Crippen LogP contribution in [0.1, 0.15) is 36.2 Å². The molecule has 0 fully saturated rings. The molecule has 9 nitrogen and oxygen atoms in total. The lowest BCUT2D eigenvalue weighted by atomic mass is 9.90. The number of nitrogens with one attached hydrogen (secondary N) is 1. The van der Waals surface area contributed by atoms with Gasteiger partial charge in [0.05, 0.1) is 44.6 Å². The number of hydrogen-bond acceptors (Lipinski definition) is 9. The first-order chi connectivity index (χ1) is 20.5. The Kier molecular flexibility index (Phi) is 9.23. The predicted molar refractivity (Wildman–Crippen MR) is 163 cm³/mol. The fourth-order valence-electron chi connectivity index (χ4n) is 5.01. The molecule has 0 saturated carbocycles. The Morgan fingerprint density at radius 3 is 2.52 bits per heavy atom. The summed E-state index contributed by atoms with van der Waals surface area (Å²) in [6.45, 7) is 2.42. The molecule has 1 aromatic heterocycles. The molecular formula is C32H32N4O5S. The van der Waals surface area contributed by atoms with Crippen molar-refractivity contribution in [3.63, 3.8) is 0 Å². The molecule has 3 heterocycles. The summed E-state index contributed by atoms with van der Waals surface area (Å²) < 4.78 is 17.0. The molecule has 0 aliphatic carbocycles. The number of methoxy groups -OCH3 is 2. The van der Waals surface area contributed by atoms with Crippen molar-refractivity contribution in [3.8, 4) is 11.5 Å². The second kappa shape index (κ2) is 13.4. The predicted octanol–water partition coefficient (Wildman–Crippen LogP) is 5.12. The Bertz CT molecular complexity index is 1540. The van der Waals surface area contributed by atoms with Crippen LogP contribution in [0.15, 0.2) is 94.6 Å². The summed E-state index contributed by atoms with van der Waals surface area (Å²) in [5, 5.41) is 5.55. The molecule has 0 spiro atoms. The maximum atomic E-state index is 13.8. The molecule has 216 valence electrons. The number of aliphatic imine (C=N–C) groups is 1. The average Bonchev–Trinajstić information content (AvgIpc) is 3.42. The summed E-state index contributed by atoms with van der Waals surface area (Å²) in [7, 11) is 3.13. The van der Waals surface area contributed by atoms with Gasteiger partial charge in [0.1, 0.15) is 0 Å². The summed E-state index contributed by atoms with van der Waals surface area (Å²) in [5.41, 5.74) is 3.93. The Morgan fingerprint density at radius 2 is 1.81 bits per heavy atom. The van der Waals surface area contributed by atoms with E-state index in [0.717, 1.165) is 11.3 Å². The highest BCUT2D eigenvalue weighted by Gasteiger charge is 2.43. The van der Waals surface area contributed by atoms with Crippen molar-refractivity contribution >= 4 is 34.5 Å². The Hall–Kier alpha value is -4.57. The number of pyridine rings is 1. The lowest BCUT2D eigenvalue weighted by Gasteiger charge is -2.37. The monoisotopic (exact) mass is 584 g/mol. The molecule has 1 N–H and O–H groups in total. The number of fused-ring (bicyclic) bond motifs is 1. The van der Waals surface area contributed by atoms with Gasteiger partial charge in [-0.3, -0.25) is 9.78 Å². The average molecular weight is 585 g/mol. The van der Waals surface area contributed by atoms with Gasteiger partial charge in [0.2, 0.25) is 5.91 Å². The highest BCUT2D eigenvalue weighted by Crippen LogP contribution is 2.50. The molecule has 2 aromatic carbocycles. The number of hydrogen-bond donors (Lipinski definition) is 1. The van der Waals surface area contributed by atoms with E-state index in [1.807, 2.05) is 71.0 Å². The third kappa shape index (κ3) is 6.03. The number of rotatable bonds is 11. The van der Waals surface area contributed by atoms with Gasteiger partial charge in [0.15, 0.2) is 16.7 Å². The number of esters is 1. The molecule has 0 bridgehead atoms. The van der Waals surface area contributed by atoms with E-state index in [1.165, 1.54) is 11.8 Å². The van der Waals surface area contributed by atoms with Gasteiger partial charge in [-0.15, -0.1) is 0 Å². The normalized spacial score (nSPS) is 15.9. The minimum absolute atomic E-state index is 0.0911. The van der Waals surface area contributed by atoms with Crippen molar-refractivity contribution in [2.45, 2.75) is 25.8 Å². The van der Waals surface area contributed by atoms with E-state index in [0.29, 0.717) is 52.2 Å². The summed E-state index contributed by atoms with van der Waals surface area (Å²) in [6.07, 6.45) is 2.45. The lowest BCUT2D eigenvalue weighted by molar-refractivity contribution is -0.139. The fraction of sp³-hybridized carbons (Fsp3) is 0.250. The first kappa shape index (κ1) is 28.9. The maximum Gasteiger partial charge on any atom is 0.338 e. The van der Waals surface area contributed by atoms with E-state index in [1.54, 1.807) is 33.4 Å². The van der Waals surface area contributed by atoms with Crippen LogP contribution in [0.4, 0.5) is 0 Å². The molecule has 0 unspecified atom stereocenters. The summed E-state index contributed by atoms with van der Waals surface area (Å²) in [5.74, 6) is 0.362. The van der Waals surface area contributed by atoms with Crippen molar-refractivity contribution in [2.75, 3.05) is 27.4 Å². The van der Waals surface area contributed by atoms with Crippen LogP contribution in [0.3, 0.4) is 0 Å². The molecule has 0 radical (unpaired) electrons. The fourth-order valence-corrected chi connectivity index (χ4v) is 5.93. The van der Waals surface area contributed by atoms with Crippen molar-refractivity contribution in [2.24, 2.45) is 4.99 Å². The Balaban J connectivity index is 1.54. The number of aromatic nitrogens is 1. The quantitative estimate of drug-likeness (QED) is 0.310. The lowest BCUT2D eigenvalue weighted by Crippen LogP contribution is -2.38. The van der Waals surface area contributed by atoms with Gasteiger partial charge in [-0.05, 0) is 30.5 Å². The number of benzene rings is 2. The van der Waals surface area contributed by atoms with Crippen LogP contribution in [0, 0.1) is 0 Å². The number of nitrogens with zero attached hydrogens (tertiary/aromatic N) is 3.